The Hall–Kier alpha value is -3.16. The number of piperazine rings is 1. The van der Waals surface area contributed by atoms with Crippen LogP contribution in [0.3, 0.4) is 0 Å². The van der Waals surface area contributed by atoms with E-state index in [2.05, 4.69) is 36.9 Å². The van der Waals surface area contributed by atoms with Crippen molar-refractivity contribution in [2.75, 3.05) is 36.0 Å². The van der Waals surface area contributed by atoms with E-state index in [-0.39, 0.29) is 5.91 Å². The van der Waals surface area contributed by atoms with E-state index < -0.39 is 0 Å². The summed E-state index contributed by atoms with van der Waals surface area (Å²) in [5.41, 5.74) is 4.27. The summed E-state index contributed by atoms with van der Waals surface area (Å²) >= 11 is 0. The molecule has 1 amide bonds. The average Bonchev–Trinajstić information content (AvgIpc) is 3.52. The molecule has 2 fully saturated rings. The third-order valence-corrected chi connectivity index (χ3v) is 6.29. The maximum Gasteiger partial charge on any atom is 0.239 e. The van der Waals surface area contributed by atoms with Crippen LogP contribution in [0.1, 0.15) is 24.8 Å². The number of nitrogens with one attached hydrogen (secondary N) is 1. The molecule has 0 radical (unpaired) electrons. The Kier molecular flexibility index (Phi) is 4.11. The van der Waals surface area contributed by atoms with Crippen molar-refractivity contribution in [3.8, 4) is 0 Å². The first-order valence-corrected chi connectivity index (χ1v) is 10.8. The van der Waals surface area contributed by atoms with Gasteiger partial charge in [0.15, 0.2) is 5.65 Å². The van der Waals surface area contributed by atoms with Crippen LogP contribution < -0.4 is 15.1 Å². The Morgan fingerprint density at radius 3 is 2.90 bits per heavy atom. The zero-order valence-corrected chi connectivity index (χ0v) is 16.9. The first kappa shape index (κ1) is 17.7. The number of nitrogens with zero attached hydrogens (tertiary/aromatic N) is 6. The highest BCUT2D eigenvalue weighted by Crippen LogP contribution is 2.35. The van der Waals surface area contributed by atoms with E-state index in [1.54, 1.807) is 0 Å². The lowest BCUT2D eigenvalue weighted by molar-refractivity contribution is -0.120. The van der Waals surface area contributed by atoms with Gasteiger partial charge < -0.3 is 19.7 Å². The summed E-state index contributed by atoms with van der Waals surface area (Å²) in [4.78, 5) is 30.3. The number of carbonyl (C=O) groups excluding carboxylic acids is 1. The fourth-order valence-corrected chi connectivity index (χ4v) is 4.49. The minimum Gasteiger partial charge on any atom is -0.353 e. The number of fused-ring (bicyclic) bond motifs is 2. The van der Waals surface area contributed by atoms with Gasteiger partial charge in [-0.05, 0) is 55.4 Å². The van der Waals surface area contributed by atoms with Crippen molar-refractivity contribution in [2.45, 2.75) is 32.2 Å². The van der Waals surface area contributed by atoms with Gasteiger partial charge in [0.05, 0.1) is 24.8 Å². The zero-order chi connectivity index (χ0) is 20.1. The molecule has 0 bridgehead atoms. The number of aromatic nitrogens is 4. The predicted octanol–water partition coefficient (Wildman–Crippen LogP) is 2.26. The Balaban J connectivity index is 1.32. The van der Waals surface area contributed by atoms with Gasteiger partial charge >= 0.3 is 0 Å². The van der Waals surface area contributed by atoms with E-state index in [1.165, 1.54) is 18.4 Å². The number of carbonyl (C=O) groups is 1. The topological polar surface area (TPSA) is 79.2 Å². The lowest BCUT2D eigenvalue weighted by atomic mass is 10.0. The van der Waals surface area contributed by atoms with Gasteiger partial charge in [-0.3, -0.25) is 4.79 Å². The number of amides is 1. The smallest absolute Gasteiger partial charge is 0.239 e. The van der Waals surface area contributed by atoms with Crippen molar-refractivity contribution in [2.24, 2.45) is 5.92 Å². The fraction of sp³-hybridized carbons (Fsp3) is 0.455. The Labute approximate surface area is 174 Å². The summed E-state index contributed by atoms with van der Waals surface area (Å²) in [6.07, 6.45) is 8.58. The molecule has 0 atom stereocenters. The van der Waals surface area contributed by atoms with Crippen LogP contribution in [0.2, 0.25) is 0 Å². The van der Waals surface area contributed by atoms with Crippen molar-refractivity contribution in [3.63, 3.8) is 0 Å². The molecule has 3 aliphatic rings. The number of anilines is 3. The van der Waals surface area contributed by atoms with Gasteiger partial charge in [-0.25, -0.2) is 15.0 Å². The summed E-state index contributed by atoms with van der Waals surface area (Å²) in [7, 11) is 0. The maximum absolute atomic E-state index is 11.7. The second-order valence-corrected chi connectivity index (χ2v) is 8.56. The highest BCUT2D eigenvalue weighted by atomic mass is 16.2. The first-order chi connectivity index (χ1) is 14.7. The van der Waals surface area contributed by atoms with Crippen LogP contribution in [-0.4, -0.2) is 51.6 Å². The van der Waals surface area contributed by atoms with Crippen LogP contribution in [0.4, 0.5) is 17.3 Å². The number of pyridine rings is 2. The molecule has 0 spiro atoms. The van der Waals surface area contributed by atoms with Crippen molar-refractivity contribution < 1.29 is 4.79 Å². The molecule has 1 saturated carbocycles. The number of aryl methyl sites for hydroxylation is 1. The van der Waals surface area contributed by atoms with Crippen molar-refractivity contribution in [1.82, 2.24) is 24.8 Å². The zero-order valence-electron chi connectivity index (χ0n) is 16.9. The van der Waals surface area contributed by atoms with Gasteiger partial charge in [0.25, 0.3) is 0 Å². The number of rotatable bonds is 4. The van der Waals surface area contributed by atoms with Gasteiger partial charge in [-0.2, -0.15) is 0 Å². The molecule has 1 aliphatic carbocycles. The molecular formula is C22H25N7O. The maximum atomic E-state index is 11.7. The number of hydrogen-bond acceptors (Lipinski definition) is 6. The monoisotopic (exact) mass is 403 g/mol. The second kappa shape index (κ2) is 6.97. The largest absolute Gasteiger partial charge is 0.353 e. The summed E-state index contributed by atoms with van der Waals surface area (Å²) in [6, 6.07) is 6.32. The van der Waals surface area contributed by atoms with Crippen molar-refractivity contribution in [3.05, 3.63) is 36.3 Å². The molecule has 1 N–H and O–H groups in total. The molecule has 5 heterocycles. The quantitative estimate of drug-likeness (QED) is 0.720. The molecule has 2 aliphatic heterocycles. The number of hydrogen-bond donors (Lipinski definition) is 1. The molecule has 3 aromatic rings. The van der Waals surface area contributed by atoms with Crippen LogP contribution in [0.15, 0.2) is 30.7 Å². The van der Waals surface area contributed by atoms with Gasteiger partial charge in [-0.1, -0.05) is 0 Å². The lowest BCUT2D eigenvalue weighted by Crippen LogP contribution is -2.48. The molecular weight excluding hydrogens is 378 g/mol. The Bertz CT molecular complexity index is 1100. The lowest BCUT2D eigenvalue weighted by Gasteiger charge is -2.31. The van der Waals surface area contributed by atoms with Gasteiger partial charge in [-0.15, -0.1) is 0 Å². The highest BCUT2D eigenvalue weighted by molar-refractivity contribution is 5.82. The molecule has 0 aromatic carbocycles. The summed E-state index contributed by atoms with van der Waals surface area (Å²) in [6.45, 7) is 3.76. The summed E-state index contributed by atoms with van der Waals surface area (Å²) in [5.74, 6) is 2.70. The van der Waals surface area contributed by atoms with E-state index in [0.29, 0.717) is 13.1 Å². The molecule has 1 saturated heterocycles. The van der Waals surface area contributed by atoms with Crippen LogP contribution in [0.5, 0.6) is 0 Å². The normalized spacial score (nSPS) is 19.1. The fourth-order valence-electron chi connectivity index (χ4n) is 4.49. The minimum absolute atomic E-state index is 0.0492. The third kappa shape index (κ3) is 3.16. The summed E-state index contributed by atoms with van der Waals surface area (Å²) < 4.78 is 2.21. The molecule has 8 nitrogen and oxygen atoms in total. The molecule has 8 heteroatoms. The predicted molar refractivity (Wildman–Crippen MR) is 115 cm³/mol. The number of imidazole rings is 1. The van der Waals surface area contributed by atoms with E-state index >= 15 is 0 Å². The van der Waals surface area contributed by atoms with E-state index in [9.17, 15) is 4.79 Å². The van der Waals surface area contributed by atoms with Gasteiger partial charge in [0.1, 0.15) is 17.2 Å². The van der Waals surface area contributed by atoms with Crippen LogP contribution in [-0.2, 0) is 17.8 Å². The SMILES string of the molecule is O=C1CN(c2ccc(N3CCCc4cc5ncn(CC6CC6)c5nc43)cn2)CCN1. The Morgan fingerprint density at radius 1 is 1.17 bits per heavy atom. The van der Waals surface area contributed by atoms with E-state index in [0.717, 1.165) is 66.9 Å². The molecule has 3 aromatic heterocycles. The van der Waals surface area contributed by atoms with E-state index in [1.807, 2.05) is 23.5 Å². The summed E-state index contributed by atoms with van der Waals surface area (Å²) in [5, 5.41) is 2.86. The Morgan fingerprint density at radius 2 is 2.10 bits per heavy atom. The standard InChI is InChI=1S/C22H25N7O/c30-20-13-27(9-7-23-20)19-6-5-17(11-24-19)29-8-1-2-16-10-18-22(26-21(16)29)28(14-25-18)12-15-3-4-15/h5-6,10-11,14-15H,1-4,7-9,12-13H2,(H,23,30). The molecule has 30 heavy (non-hydrogen) atoms. The molecule has 6 rings (SSSR count). The van der Waals surface area contributed by atoms with Crippen molar-refractivity contribution >= 4 is 34.4 Å². The van der Waals surface area contributed by atoms with Crippen LogP contribution in [0.25, 0.3) is 11.2 Å². The highest BCUT2D eigenvalue weighted by Gasteiger charge is 2.26. The average molecular weight is 403 g/mol. The third-order valence-electron chi connectivity index (χ3n) is 6.29. The molecule has 0 unspecified atom stereocenters. The van der Waals surface area contributed by atoms with E-state index in [4.69, 9.17) is 4.98 Å². The van der Waals surface area contributed by atoms with Crippen LogP contribution in [0, 0.1) is 5.92 Å². The first-order valence-electron chi connectivity index (χ1n) is 10.8. The molecule has 154 valence electrons. The second-order valence-electron chi connectivity index (χ2n) is 8.56. The van der Waals surface area contributed by atoms with Gasteiger partial charge in [0.2, 0.25) is 5.91 Å². The van der Waals surface area contributed by atoms with Crippen molar-refractivity contribution in [1.29, 1.82) is 0 Å². The van der Waals surface area contributed by atoms with Crippen LogP contribution >= 0.6 is 0 Å². The minimum atomic E-state index is 0.0492. The van der Waals surface area contributed by atoms with Gasteiger partial charge in [0, 0.05) is 26.2 Å².